The summed E-state index contributed by atoms with van der Waals surface area (Å²) in [6, 6.07) is 22.0. The van der Waals surface area contributed by atoms with Crippen LogP contribution in [0.2, 0.25) is 0 Å². The number of ether oxygens (including phenoxy) is 1. The molecule has 0 fully saturated rings. The highest BCUT2D eigenvalue weighted by Crippen LogP contribution is 2.42. The SMILES string of the molecule is CC(=O)Oc1c(-c2ccc(NC(=O)c3cccs3)cc2)c(-c2ccccc2F)nn1-c1cccc(F)c1. The van der Waals surface area contributed by atoms with E-state index in [4.69, 9.17) is 4.74 Å². The Morgan fingerprint density at radius 1 is 0.946 bits per heavy atom. The molecule has 9 heteroatoms. The molecular formula is C28H19F2N3O3S. The lowest BCUT2D eigenvalue weighted by Crippen LogP contribution is -2.10. The third-order valence-electron chi connectivity index (χ3n) is 5.44. The molecule has 0 bridgehead atoms. The fourth-order valence-electron chi connectivity index (χ4n) is 3.84. The topological polar surface area (TPSA) is 73.2 Å². The van der Waals surface area contributed by atoms with E-state index >= 15 is 0 Å². The van der Waals surface area contributed by atoms with Crippen molar-refractivity contribution in [2.24, 2.45) is 0 Å². The Morgan fingerprint density at radius 3 is 2.41 bits per heavy atom. The van der Waals surface area contributed by atoms with Crippen molar-refractivity contribution in [1.29, 1.82) is 0 Å². The largest absolute Gasteiger partial charge is 0.407 e. The Balaban J connectivity index is 1.66. The van der Waals surface area contributed by atoms with Crippen LogP contribution < -0.4 is 10.1 Å². The van der Waals surface area contributed by atoms with Crippen molar-refractivity contribution < 1.29 is 23.1 Å². The van der Waals surface area contributed by atoms with Gasteiger partial charge in [-0.25, -0.2) is 8.78 Å². The molecule has 0 spiro atoms. The fraction of sp³-hybridized carbons (Fsp3) is 0.0357. The van der Waals surface area contributed by atoms with E-state index in [0.717, 1.165) is 0 Å². The fourth-order valence-corrected chi connectivity index (χ4v) is 4.46. The predicted molar refractivity (Wildman–Crippen MR) is 138 cm³/mol. The van der Waals surface area contributed by atoms with Crippen LogP contribution in [0.15, 0.2) is 90.3 Å². The molecule has 6 nitrogen and oxygen atoms in total. The summed E-state index contributed by atoms with van der Waals surface area (Å²) in [6.45, 7) is 1.23. The van der Waals surface area contributed by atoms with Gasteiger partial charge in [-0.3, -0.25) is 9.59 Å². The van der Waals surface area contributed by atoms with Crippen molar-refractivity contribution >= 4 is 28.9 Å². The third-order valence-corrected chi connectivity index (χ3v) is 6.31. The first-order valence-electron chi connectivity index (χ1n) is 11.2. The zero-order chi connectivity index (χ0) is 25.9. The van der Waals surface area contributed by atoms with Gasteiger partial charge in [0.25, 0.3) is 5.91 Å². The minimum Gasteiger partial charge on any atom is -0.407 e. The van der Waals surface area contributed by atoms with Crippen molar-refractivity contribution in [2.45, 2.75) is 6.92 Å². The van der Waals surface area contributed by atoms with Crippen LogP contribution >= 0.6 is 11.3 Å². The normalized spacial score (nSPS) is 10.8. The smallest absolute Gasteiger partial charge is 0.309 e. The molecular weight excluding hydrogens is 496 g/mol. The van der Waals surface area contributed by atoms with E-state index < -0.39 is 17.6 Å². The standard InChI is InChI=1S/C28H19F2N3O3S/c1-17(34)36-28-25(18-11-13-20(14-12-18)31-27(35)24-10-5-15-37-24)26(22-8-2-3-9-23(22)30)32-33(28)21-7-4-6-19(29)16-21/h2-16H,1H3,(H,31,35). The predicted octanol–water partition coefficient (Wildman–Crippen LogP) is 6.72. The van der Waals surface area contributed by atoms with Gasteiger partial charge in [-0.15, -0.1) is 11.3 Å². The molecule has 5 rings (SSSR count). The van der Waals surface area contributed by atoms with Gasteiger partial charge in [-0.05, 0) is 59.5 Å². The highest BCUT2D eigenvalue weighted by atomic mass is 32.1. The summed E-state index contributed by atoms with van der Waals surface area (Å²) in [7, 11) is 0. The summed E-state index contributed by atoms with van der Waals surface area (Å²) >= 11 is 1.33. The molecule has 0 saturated carbocycles. The van der Waals surface area contributed by atoms with Gasteiger partial charge in [0.05, 0.1) is 16.1 Å². The number of nitrogens with one attached hydrogen (secondary N) is 1. The van der Waals surface area contributed by atoms with Crippen LogP contribution in [0.3, 0.4) is 0 Å². The number of thiophene rings is 1. The number of carbonyl (C=O) groups is 2. The van der Waals surface area contributed by atoms with E-state index in [9.17, 15) is 18.4 Å². The minimum atomic E-state index is -0.626. The van der Waals surface area contributed by atoms with E-state index in [1.54, 1.807) is 60.7 Å². The highest BCUT2D eigenvalue weighted by Gasteiger charge is 2.26. The maximum absolute atomic E-state index is 14.9. The lowest BCUT2D eigenvalue weighted by Gasteiger charge is -2.10. The van der Waals surface area contributed by atoms with Crippen LogP contribution in [0.5, 0.6) is 5.88 Å². The van der Waals surface area contributed by atoms with Crippen molar-refractivity contribution in [3.8, 4) is 34.0 Å². The summed E-state index contributed by atoms with van der Waals surface area (Å²) in [4.78, 5) is 25.1. The first kappa shape index (κ1) is 24.1. The molecule has 5 aromatic rings. The number of amides is 1. The van der Waals surface area contributed by atoms with Gasteiger partial charge < -0.3 is 10.1 Å². The first-order chi connectivity index (χ1) is 17.9. The van der Waals surface area contributed by atoms with Crippen LogP contribution in [0.4, 0.5) is 14.5 Å². The van der Waals surface area contributed by atoms with Gasteiger partial charge in [0.15, 0.2) is 0 Å². The second-order valence-electron chi connectivity index (χ2n) is 8.00. The molecule has 0 unspecified atom stereocenters. The second kappa shape index (κ2) is 10.2. The molecule has 0 aliphatic heterocycles. The Morgan fingerprint density at radius 2 is 1.73 bits per heavy atom. The maximum atomic E-state index is 14.9. The number of carbonyl (C=O) groups excluding carboxylic acids is 2. The molecule has 1 N–H and O–H groups in total. The zero-order valence-corrected chi connectivity index (χ0v) is 20.3. The Bertz CT molecular complexity index is 1600. The Labute approximate surface area is 214 Å². The highest BCUT2D eigenvalue weighted by molar-refractivity contribution is 7.12. The Hall–Kier alpha value is -4.63. The van der Waals surface area contributed by atoms with Gasteiger partial charge in [0, 0.05) is 18.2 Å². The number of aromatic nitrogens is 2. The van der Waals surface area contributed by atoms with E-state index in [0.29, 0.717) is 27.4 Å². The lowest BCUT2D eigenvalue weighted by atomic mass is 10.0. The number of nitrogens with zero attached hydrogens (tertiary/aromatic N) is 2. The summed E-state index contributed by atoms with van der Waals surface area (Å²) in [5, 5.41) is 9.19. The number of rotatable bonds is 6. The quantitative estimate of drug-likeness (QED) is 0.255. The minimum absolute atomic E-state index is 0.00623. The van der Waals surface area contributed by atoms with Crippen LogP contribution in [0, 0.1) is 11.6 Å². The third kappa shape index (κ3) is 5.03. The molecule has 0 atom stereocenters. The van der Waals surface area contributed by atoms with Crippen LogP contribution in [-0.2, 0) is 4.79 Å². The molecule has 1 amide bonds. The van der Waals surface area contributed by atoms with E-state index in [1.807, 2.05) is 5.38 Å². The van der Waals surface area contributed by atoms with Crippen molar-refractivity contribution in [3.63, 3.8) is 0 Å². The first-order valence-corrected chi connectivity index (χ1v) is 12.1. The average molecular weight is 516 g/mol. The Kier molecular flexibility index (Phi) is 6.61. The van der Waals surface area contributed by atoms with Crippen LogP contribution in [0.1, 0.15) is 16.6 Å². The van der Waals surface area contributed by atoms with E-state index in [2.05, 4.69) is 10.4 Å². The maximum Gasteiger partial charge on any atom is 0.309 e. The van der Waals surface area contributed by atoms with Gasteiger partial charge in [-0.2, -0.15) is 9.78 Å². The van der Waals surface area contributed by atoms with Gasteiger partial charge in [0.2, 0.25) is 5.88 Å². The average Bonchev–Trinajstić information content (AvgIpc) is 3.54. The van der Waals surface area contributed by atoms with Crippen LogP contribution in [0.25, 0.3) is 28.1 Å². The molecule has 2 heterocycles. The summed E-state index contributed by atoms with van der Waals surface area (Å²) < 4.78 is 35.8. The zero-order valence-electron chi connectivity index (χ0n) is 19.4. The molecule has 0 aliphatic rings. The monoisotopic (exact) mass is 515 g/mol. The van der Waals surface area contributed by atoms with Crippen molar-refractivity contribution in [3.05, 3.63) is 107 Å². The number of benzene rings is 3. The van der Waals surface area contributed by atoms with Gasteiger partial charge >= 0.3 is 5.97 Å². The lowest BCUT2D eigenvalue weighted by molar-refractivity contribution is -0.132. The number of halogens is 2. The molecule has 2 aromatic heterocycles. The van der Waals surface area contributed by atoms with Crippen LogP contribution in [-0.4, -0.2) is 21.7 Å². The van der Waals surface area contributed by atoms with Gasteiger partial charge in [-0.1, -0.05) is 36.4 Å². The van der Waals surface area contributed by atoms with Gasteiger partial charge in [0.1, 0.15) is 17.3 Å². The molecule has 0 radical (unpaired) electrons. The number of hydrogen-bond donors (Lipinski definition) is 1. The molecule has 184 valence electrons. The molecule has 3 aromatic carbocycles. The number of esters is 1. The number of anilines is 1. The summed E-state index contributed by atoms with van der Waals surface area (Å²) in [5.74, 6) is -1.90. The number of hydrogen-bond acceptors (Lipinski definition) is 5. The van der Waals surface area contributed by atoms with Crippen molar-refractivity contribution in [1.82, 2.24) is 9.78 Å². The van der Waals surface area contributed by atoms with Crippen molar-refractivity contribution in [2.75, 3.05) is 5.32 Å². The molecule has 0 saturated heterocycles. The summed E-state index contributed by atoms with van der Waals surface area (Å²) in [5.41, 5.74) is 2.10. The second-order valence-corrected chi connectivity index (χ2v) is 8.95. The van der Waals surface area contributed by atoms with E-state index in [-0.39, 0.29) is 23.0 Å². The van der Waals surface area contributed by atoms with E-state index in [1.165, 1.54) is 47.2 Å². The molecule has 37 heavy (non-hydrogen) atoms. The summed E-state index contributed by atoms with van der Waals surface area (Å²) in [6.07, 6.45) is 0. The molecule has 0 aliphatic carbocycles.